The van der Waals surface area contributed by atoms with E-state index in [-0.39, 0.29) is 17.8 Å². The molecule has 30 heavy (non-hydrogen) atoms. The molecule has 0 aliphatic carbocycles. The summed E-state index contributed by atoms with van der Waals surface area (Å²) in [6.07, 6.45) is 1.68. The lowest BCUT2D eigenvalue weighted by atomic mass is 10.2. The number of hydrogen-bond acceptors (Lipinski definition) is 6. The maximum Gasteiger partial charge on any atom is 0.331 e. The third-order valence-corrected chi connectivity index (χ3v) is 6.68. The minimum absolute atomic E-state index is 0.167. The summed E-state index contributed by atoms with van der Waals surface area (Å²) in [6, 6.07) is 13.4. The minimum atomic E-state index is -0.282. The molecule has 0 N–H and O–H groups in total. The van der Waals surface area contributed by atoms with Gasteiger partial charge in [0.2, 0.25) is 0 Å². The summed E-state index contributed by atoms with van der Waals surface area (Å²) >= 11 is 1.45. The SMILES string of the molecule is O=c1c2sc3ccccc3c2n(CCN2CCOCC2)c(=O)n1Cc1ccccn1. The van der Waals surface area contributed by atoms with Crippen molar-refractivity contribution in [2.75, 3.05) is 32.8 Å². The van der Waals surface area contributed by atoms with Crippen molar-refractivity contribution in [3.05, 3.63) is 75.2 Å². The fourth-order valence-electron chi connectivity index (χ4n) is 3.96. The topological polar surface area (TPSA) is 69.4 Å². The number of nitrogens with zero attached hydrogens (tertiary/aromatic N) is 4. The van der Waals surface area contributed by atoms with Gasteiger partial charge in [0.1, 0.15) is 4.70 Å². The highest BCUT2D eigenvalue weighted by atomic mass is 32.1. The Kier molecular flexibility index (Phi) is 5.20. The van der Waals surface area contributed by atoms with Crippen LogP contribution in [0, 0.1) is 0 Å². The molecule has 4 aromatic rings. The van der Waals surface area contributed by atoms with Gasteiger partial charge in [-0.25, -0.2) is 4.79 Å². The number of ether oxygens (including phenoxy) is 1. The van der Waals surface area contributed by atoms with E-state index in [9.17, 15) is 9.59 Å². The lowest BCUT2D eigenvalue weighted by Gasteiger charge is -2.27. The predicted octanol–water partition coefficient (Wildman–Crippen LogP) is 2.15. The average Bonchev–Trinajstić information content (AvgIpc) is 3.18. The Morgan fingerprint density at radius 3 is 2.57 bits per heavy atom. The van der Waals surface area contributed by atoms with E-state index < -0.39 is 0 Å². The van der Waals surface area contributed by atoms with Gasteiger partial charge < -0.3 is 4.74 Å². The van der Waals surface area contributed by atoms with Gasteiger partial charge in [-0.15, -0.1) is 11.3 Å². The lowest BCUT2D eigenvalue weighted by molar-refractivity contribution is 0.0363. The molecule has 1 aliphatic rings. The molecule has 0 atom stereocenters. The molecule has 1 aliphatic heterocycles. The molecular formula is C22H22N4O3S. The van der Waals surface area contributed by atoms with Crippen LogP contribution in [-0.2, 0) is 17.8 Å². The summed E-state index contributed by atoms with van der Waals surface area (Å²) in [6.45, 7) is 4.57. The third-order valence-electron chi connectivity index (χ3n) is 5.53. The molecule has 0 spiro atoms. The highest BCUT2D eigenvalue weighted by Crippen LogP contribution is 2.30. The van der Waals surface area contributed by atoms with Crippen molar-refractivity contribution in [2.24, 2.45) is 0 Å². The second-order valence-electron chi connectivity index (χ2n) is 7.38. The van der Waals surface area contributed by atoms with Crippen LogP contribution in [0.4, 0.5) is 0 Å². The zero-order chi connectivity index (χ0) is 20.5. The summed E-state index contributed by atoms with van der Waals surface area (Å²) in [5, 5.41) is 0.957. The van der Waals surface area contributed by atoms with E-state index in [1.54, 1.807) is 10.8 Å². The average molecular weight is 423 g/mol. The minimum Gasteiger partial charge on any atom is -0.379 e. The van der Waals surface area contributed by atoms with E-state index in [2.05, 4.69) is 9.88 Å². The van der Waals surface area contributed by atoms with Gasteiger partial charge in [-0.1, -0.05) is 24.3 Å². The van der Waals surface area contributed by atoms with Gasteiger partial charge in [-0.3, -0.25) is 23.8 Å². The number of fused-ring (bicyclic) bond motifs is 3. The van der Waals surface area contributed by atoms with Crippen LogP contribution < -0.4 is 11.2 Å². The Morgan fingerprint density at radius 1 is 0.967 bits per heavy atom. The van der Waals surface area contributed by atoms with Gasteiger partial charge in [0.05, 0.1) is 31.0 Å². The molecule has 0 bridgehead atoms. The van der Waals surface area contributed by atoms with E-state index in [1.807, 2.05) is 42.5 Å². The van der Waals surface area contributed by atoms with Gasteiger partial charge in [0.25, 0.3) is 5.56 Å². The second-order valence-corrected chi connectivity index (χ2v) is 8.43. The van der Waals surface area contributed by atoms with Gasteiger partial charge in [0.15, 0.2) is 0 Å². The molecule has 154 valence electrons. The van der Waals surface area contributed by atoms with Crippen molar-refractivity contribution >= 4 is 31.6 Å². The second kappa shape index (κ2) is 8.14. The van der Waals surface area contributed by atoms with Crippen molar-refractivity contribution in [3.63, 3.8) is 0 Å². The molecule has 1 aromatic carbocycles. The van der Waals surface area contributed by atoms with Gasteiger partial charge in [-0.05, 0) is 18.2 Å². The van der Waals surface area contributed by atoms with E-state index in [0.717, 1.165) is 35.2 Å². The standard InChI is InChI=1S/C22H22N4O3S/c27-21-20-19(17-6-1-2-7-18(17)30-20)25(10-9-24-11-13-29-14-12-24)22(28)26(21)15-16-5-3-4-8-23-16/h1-8H,9-15H2. The molecule has 8 heteroatoms. The van der Waals surface area contributed by atoms with Crippen LogP contribution in [0.1, 0.15) is 5.69 Å². The zero-order valence-corrected chi connectivity index (χ0v) is 17.3. The number of thiophene rings is 1. The molecule has 0 amide bonds. The van der Waals surface area contributed by atoms with Crippen LogP contribution in [0.2, 0.25) is 0 Å². The monoisotopic (exact) mass is 422 g/mol. The number of rotatable bonds is 5. The Balaban J connectivity index is 1.66. The van der Waals surface area contributed by atoms with Gasteiger partial charge in [0, 0.05) is 42.5 Å². The van der Waals surface area contributed by atoms with Crippen LogP contribution in [0.25, 0.3) is 20.3 Å². The smallest absolute Gasteiger partial charge is 0.331 e. The first-order valence-corrected chi connectivity index (χ1v) is 10.9. The largest absolute Gasteiger partial charge is 0.379 e. The van der Waals surface area contributed by atoms with Gasteiger partial charge >= 0.3 is 5.69 Å². The van der Waals surface area contributed by atoms with Crippen LogP contribution in [0.15, 0.2) is 58.3 Å². The quantitative estimate of drug-likeness (QED) is 0.493. The third kappa shape index (κ3) is 3.47. The van der Waals surface area contributed by atoms with Crippen molar-refractivity contribution < 1.29 is 4.74 Å². The normalized spacial score (nSPS) is 15.2. The molecule has 1 saturated heterocycles. The van der Waals surface area contributed by atoms with Crippen molar-refractivity contribution in [2.45, 2.75) is 13.1 Å². The maximum atomic E-state index is 13.5. The summed E-state index contributed by atoms with van der Waals surface area (Å²) in [4.78, 5) is 33.4. The fourth-order valence-corrected chi connectivity index (χ4v) is 5.12. The number of pyridine rings is 1. The summed E-state index contributed by atoms with van der Waals surface area (Å²) < 4.78 is 10.2. The Labute approximate surface area is 176 Å². The molecule has 0 saturated carbocycles. The van der Waals surface area contributed by atoms with Crippen LogP contribution in [0.3, 0.4) is 0 Å². The van der Waals surface area contributed by atoms with Crippen molar-refractivity contribution in [1.29, 1.82) is 0 Å². The molecule has 3 aromatic heterocycles. The molecule has 7 nitrogen and oxygen atoms in total. The molecular weight excluding hydrogens is 400 g/mol. The van der Waals surface area contributed by atoms with Crippen LogP contribution in [0.5, 0.6) is 0 Å². The first-order valence-electron chi connectivity index (χ1n) is 10.1. The number of hydrogen-bond donors (Lipinski definition) is 0. The maximum absolute atomic E-state index is 13.5. The Morgan fingerprint density at radius 2 is 1.77 bits per heavy atom. The summed E-state index contributed by atoms with van der Waals surface area (Å²) in [5.41, 5.74) is 0.910. The molecule has 1 fully saturated rings. The van der Waals surface area contributed by atoms with Crippen molar-refractivity contribution in [3.8, 4) is 0 Å². The molecule has 5 rings (SSSR count). The molecule has 4 heterocycles. The van der Waals surface area contributed by atoms with E-state index >= 15 is 0 Å². The van der Waals surface area contributed by atoms with Gasteiger partial charge in [-0.2, -0.15) is 0 Å². The first kappa shape index (κ1) is 19.2. The molecule has 0 radical (unpaired) electrons. The van der Waals surface area contributed by atoms with Crippen LogP contribution in [-0.4, -0.2) is 51.9 Å². The van der Waals surface area contributed by atoms with E-state index in [4.69, 9.17) is 4.74 Å². The van der Waals surface area contributed by atoms with Crippen LogP contribution >= 0.6 is 11.3 Å². The predicted molar refractivity (Wildman–Crippen MR) is 118 cm³/mol. The summed E-state index contributed by atoms with van der Waals surface area (Å²) in [5.74, 6) is 0. The highest BCUT2D eigenvalue weighted by molar-refractivity contribution is 7.25. The Bertz CT molecular complexity index is 1300. The van der Waals surface area contributed by atoms with E-state index in [0.29, 0.717) is 30.2 Å². The summed E-state index contributed by atoms with van der Waals surface area (Å²) in [7, 11) is 0. The fraction of sp³-hybridized carbons (Fsp3) is 0.318. The Hall–Kier alpha value is -2.81. The lowest BCUT2D eigenvalue weighted by Crippen LogP contribution is -2.43. The first-order chi connectivity index (χ1) is 14.7. The number of aromatic nitrogens is 3. The zero-order valence-electron chi connectivity index (χ0n) is 16.5. The van der Waals surface area contributed by atoms with E-state index in [1.165, 1.54) is 15.9 Å². The van der Waals surface area contributed by atoms with Crippen molar-refractivity contribution in [1.82, 2.24) is 19.0 Å². The highest BCUT2D eigenvalue weighted by Gasteiger charge is 2.19. The molecule has 0 unspecified atom stereocenters. The number of morpholine rings is 1. The number of benzene rings is 1.